The molecule has 1 aromatic carbocycles. The van der Waals surface area contributed by atoms with Crippen LogP contribution in [0.25, 0.3) is 0 Å². The minimum absolute atomic E-state index is 0.0164. The molecule has 0 saturated carbocycles. The number of carbonyl (C=O) groups excluding carboxylic acids is 4. The molecule has 0 aliphatic rings. The average Bonchev–Trinajstić information content (AvgIpc) is 2.96. The quantitative estimate of drug-likeness (QED) is 0.0498. The first kappa shape index (κ1) is 37.6. The number of benzene rings is 1. The highest BCUT2D eigenvalue weighted by Gasteiger charge is 2.31. The molecule has 44 heavy (non-hydrogen) atoms. The molecule has 0 spiro atoms. The highest BCUT2D eigenvalue weighted by molar-refractivity contribution is 5.95. The highest BCUT2D eigenvalue weighted by Crippen LogP contribution is 2.13. The minimum atomic E-state index is -1.31. The summed E-state index contributed by atoms with van der Waals surface area (Å²) in [5, 5.41) is 29.7. The van der Waals surface area contributed by atoms with Gasteiger partial charge in [-0.1, -0.05) is 45.7 Å². The van der Waals surface area contributed by atoms with Crippen molar-refractivity contribution in [2.24, 2.45) is 28.1 Å². The number of phenolic OH excluding ortho intramolecular Hbond substituents is 1. The number of carboxylic acid groups (broad SMARTS) is 1. The number of aliphatic imine (C=N–C) groups is 1. The number of unbranched alkanes of at least 4 members (excludes halogenated alkanes) is 1. The number of aliphatic carboxylic acids is 1. The molecule has 0 heterocycles. The number of amides is 4. The summed E-state index contributed by atoms with van der Waals surface area (Å²) in [5.41, 5.74) is 16.8. The lowest BCUT2D eigenvalue weighted by Gasteiger charge is -2.27. The monoisotopic (exact) mass is 620 g/mol. The Morgan fingerprint density at radius 1 is 0.818 bits per heavy atom. The number of carbonyl (C=O) groups is 5. The van der Waals surface area contributed by atoms with Gasteiger partial charge in [0, 0.05) is 13.0 Å². The third-order valence-electron chi connectivity index (χ3n) is 6.59. The lowest BCUT2D eigenvalue weighted by molar-refractivity contribution is -0.142. The zero-order valence-corrected chi connectivity index (χ0v) is 25.7. The van der Waals surface area contributed by atoms with Gasteiger partial charge in [0.2, 0.25) is 23.6 Å². The summed E-state index contributed by atoms with van der Waals surface area (Å²) >= 11 is 0. The largest absolute Gasteiger partial charge is 0.508 e. The van der Waals surface area contributed by atoms with Gasteiger partial charge in [0.25, 0.3) is 0 Å². The third-order valence-corrected chi connectivity index (χ3v) is 6.59. The van der Waals surface area contributed by atoms with E-state index in [-0.39, 0.29) is 50.0 Å². The number of aromatic hydroxyl groups is 1. The Morgan fingerprint density at radius 2 is 1.34 bits per heavy atom. The molecule has 15 nitrogen and oxygen atoms in total. The predicted molar refractivity (Wildman–Crippen MR) is 165 cm³/mol. The van der Waals surface area contributed by atoms with Gasteiger partial charge in [-0.3, -0.25) is 24.2 Å². The Balaban J connectivity index is 3.16. The standard InChI is InChI=1S/C29H48N8O7/c1-4-5-7-20(34-24(39)16-30)25(40)35-21(8-6-13-33-29(31)32)26(41)36-22(14-17(2)3)27(42)37-23(28(43)44)15-18-9-11-19(38)12-10-18/h9-12,17,20-23,38H,4-8,13-16,30H2,1-3H3,(H,34,39)(H,35,40)(H,36,41)(H,37,42)(H,43,44)(H4,31,32,33)/t20-,21-,22-,23-/m0/s1. The van der Waals surface area contributed by atoms with Crippen LogP contribution in [0.1, 0.15) is 64.9 Å². The van der Waals surface area contributed by atoms with Crippen LogP contribution in [-0.4, -0.2) is 83.0 Å². The van der Waals surface area contributed by atoms with Crippen LogP contribution in [0.5, 0.6) is 5.75 Å². The van der Waals surface area contributed by atoms with Gasteiger partial charge in [-0.2, -0.15) is 0 Å². The van der Waals surface area contributed by atoms with Crippen LogP contribution < -0.4 is 38.5 Å². The van der Waals surface area contributed by atoms with Crippen LogP contribution in [0.15, 0.2) is 29.3 Å². The molecule has 0 aliphatic carbocycles. The van der Waals surface area contributed by atoms with E-state index in [9.17, 15) is 34.2 Å². The van der Waals surface area contributed by atoms with E-state index in [0.717, 1.165) is 6.42 Å². The minimum Gasteiger partial charge on any atom is -0.508 e. The molecule has 0 radical (unpaired) electrons. The van der Waals surface area contributed by atoms with Gasteiger partial charge >= 0.3 is 5.97 Å². The van der Waals surface area contributed by atoms with E-state index in [1.54, 1.807) is 12.1 Å². The van der Waals surface area contributed by atoms with E-state index in [0.29, 0.717) is 24.8 Å². The first-order valence-electron chi connectivity index (χ1n) is 14.7. The molecule has 0 bridgehead atoms. The van der Waals surface area contributed by atoms with E-state index in [1.165, 1.54) is 12.1 Å². The summed E-state index contributed by atoms with van der Waals surface area (Å²) in [4.78, 5) is 67.8. The van der Waals surface area contributed by atoms with Crippen molar-refractivity contribution in [1.29, 1.82) is 0 Å². The van der Waals surface area contributed by atoms with Crippen molar-refractivity contribution in [3.05, 3.63) is 29.8 Å². The summed E-state index contributed by atoms with van der Waals surface area (Å²) in [5.74, 6) is -3.95. The molecule has 0 aromatic heterocycles. The second-order valence-electron chi connectivity index (χ2n) is 10.9. The number of nitrogens with two attached hydrogens (primary N) is 3. The van der Waals surface area contributed by atoms with Gasteiger partial charge in [-0.05, 0) is 49.3 Å². The van der Waals surface area contributed by atoms with Crippen molar-refractivity contribution < 1.29 is 34.2 Å². The molecule has 0 unspecified atom stereocenters. The Kier molecular flexibility index (Phi) is 16.9. The fourth-order valence-corrected chi connectivity index (χ4v) is 4.29. The van der Waals surface area contributed by atoms with Crippen LogP contribution in [0.4, 0.5) is 0 Å². The van der Waals surface area contributed by atoms with Gasteiger partial charge in [0.1, 0.15) is 29.9 Å². The van der Waals surface area contributed by atoms with Gasteiger partial charge in [-0.15, -0.1) is 0 Å². The van der Waals surface area contributed by atoms with Crippen molar-refractivity contribution >= 4 is 35.6 Å². The summed E-state index contributed by atoms with van der Waals surface area (Å²) < 4.78 is 0. The van der Waals surface area contributed by atoms with Gasteiger partial charge in [0.15, 0.2) is 5.96 Å². The molecule has 15 heteroatoms. The molecule has 1 aromatic rings. The van der Waals surface area contributed by atoms with Crippen molar-refractivity contribution in [2.45, 2.75) is 89.9 Å². The highest BCUT2D eigenvalue weighted by atomic mass is 16.4. The van der Waals surface area contributed by atoms with Crippen LogP contribution in [-0.2, 0) is 30.4 Å². The molecule has 4 amide bonds. The molecule has 0 saturated heterocycles. The van der Waals surface area contributed by atoms with E-state index < -0.39 is 53.8 Å². The maximum absolute atomic E-state index is 13.5. The summed E-state index contributed by atoms with van der Waals surface area (Å²) in [6.45, 7) is 5.47. The van der Waals surface area contributed by atoms with Crippen molar-refractivity contribution in [3.8, 4) is 5.75 Å². The van der Waals surface area contributed by atoms with E-state index >= 15 is 0 Å². The number of nitrogens with zero attached hydrogens (tertiary/aromatic N) is 1. The topological polar surface area (TPSA) is 264 Å². The first-order chi connectivity index (χ1) is 20.8. The molecule has 246 valence electrons. The lowest BCUT2D eigenvalue weighted by atomic mass is 10.0. The van der Waals surface area contributed by atoms with Crippen LogP contribution >= 0.6 is 0 Å². The average molecular weight is 621 g/mol. The van der Waals surface area contributed by atoms with Crippen molar-refractivity contribution in [2.75, 3.05) is 13.1 Å². The third kappa shape index (κ3) is 14.7. The van der Waals surface area contributed by atoms with E-state index in [1.807, 2.05) is 20.8 Å². The van der Waals surface area contributed by atoms with Crippen LogP contribution in [0, 0.1) is 5.92 Å². The fraction of sp³-hybridized carbons (Fsp3) is 0.586. The molecular weight excluding hydrogens is 572 g/mol. The smallest absolute Gasteiger partial charge is 0.326 e. The van der Waals surface area contributed by atoms with Crippen LogP contribution in [0.3, 0.4) is 0 Å². The van der Waals surface area contributed by atoms with Gasteiger partial charge in [-0.25, -0.2) is 4.79 Å². The summed E-state index contributed by atoms with van der Waals surface area (Å²) in [6.07, 6.45) is 2.27. The number of hydrogen-bond donors (Lipinski definition) is 9. The molecule has 12 N–H and O–H groups in total. The van der Waals surface area contributed by atoms with Crippen molar-refractivity contribution in [1.82, 2.24) is 21.3 Å². The Bertz CT molecular complexity index is 1120. The zero-order valence-electron chi connectivity index (χ0n) is 25.7. The molecule has 1 rings (SSSR count). The normalized spacial score (nSPS) is 13.6. The van der Waals surface area contributed by atoms with Gasteiger partial charge in [0.05, 0.1) is 6.54 Å². The van der Waals surface area contributed by atoms with Crippen LogP contribution in [0.2, 0.25) is 0 Å². The maximum Gasteiger partial charge on any atom is 0.326 e. The fourth-order valence-electron chi connectivity index (χ4n) is 4.29. The Labute approximate surface area is 257 Å². The van der Waals surface area contributed by atoms with E-state index in [2.05, 4.69) is 26.3 Å². The Hall–Kier alpha value is -4.40. The second kappa shape index (κ2) is 19.7. The number of hydrogen-bond acceptors (Lipinski definition) is 8. The molecule has 4 atom stereocenters. The first-order valence-corrected chi connectivity index (χ1v) is 14.7. The lowest BCUT2D eigenvalue weighted by Crippen LogP contribution is -2.58. The molecule has 0 aliphatic heterocycles. The molecular formula is C29H48N8O7. The van der Waals surface area contributed by atoms with Gasteiger partial charge < -0.3 is 48.7 Å². The summed E-state index contributed by atoms with van der Waals surface area (Å²) in [7, 11) is 0. The number of nitrogens with one attached hydrogen (secondary N) is 4. The number of rotatable bonds is 20. The number of carboxylic acids is 1. The maximum atomic E-state index is 13.5. The SMILES string of the molecule is CCCC[C@H](NC(=O)CN)C(=O)N[C@@H](CCCN=C(N)N)C(=O)N[C@@H](CC(C)C)C(=O)N[C@@H](Cc1ccc(O)cc1)C(=O)O. The summed E-state index contributed by atoms with van der Waals surface area (Å²) in [6, 6.07) is 1.44. The predicted octanol–water partition coefficient (Wildman–Crippen LogP) is -0.793. The molecule has 0 fully saturated rings. The Morgan fingerprint density at radius 3 is 1.86 bits per heavy atom. The number of phenols is 1. The van der Waals surface area contributed by atoms with E-state index in [4.69, 9.17) is 17.2 Å². The zero-order chi connectivity index (χ0) is 33.2. The number of guanidine groups is 1. The second-order valence-corrected chi connectivity index (χ2v) is 10.9. The van der Waals surface area contributed by atoms with Crippen molar-refractivity contribution in [3.63, 3.8) is 0 Å².